The summed E-state index contributed by atoms with van der Waals surface area (Å²) < 4.78 is 5.08. The molecule has 0 aliphatic heterocycles. The van der Waals surface area contributed by atoms with Crippen LogP contribution in [0.5, 0.6) is 5.75 Å². The first-order valence-corrected chi connectivity index (χ1v) is 6.86. The molecule has 0 aliphatic rings. The van der Waals surface area contributed by atoms with Gasteiger partial charge >= 0.3 is 0 Å². The van der Waals surface area contributed by atoms with Crippen molar-refractivity contribution in [3.63, 3.8) is 0 Å². The van der Waals surface area contributed by atoms with Gasteiger partial charge in [0.15, 0.2) is 0 Å². The minimum atomic E-state index is -0.132. The SMILES string of the molecule is CNC(C)c1ccc(NC(=O)c2ccc(OC)cc2)cc1. The molecule has 0 radical (unpaired) electrons. The number of rotatable bonds is 5. The molecule has 4 nitrogen and oxygen atoms in total. The molecule has 2 aromatic rings. The number of nitrogens with one attached hydrogen (secondary N) is 2. The number of amides is 1. The van der Waals surface area contributed by atoms with E-state index < -0.39 is 0 Å². The van der Waals surface area contributed by atoms with Crippen molar-refractivity contribution in [1.82, 2.24) is 5.32 Å². The summed E-state index contributed by atoms with van der Waals surface area (Å²) in [6.07, 6.45) is 0. The molecule has 4 heteroatoms. The molecule has 0 spiro atoms. The second-order valence-electron chi connectivity index (χ2n) is 4.81. The monoisotopic (exact) mass is 284 g/mol. The Bertz CT molecular complexity index is 591. The number of hydrogen-bond donors (Lipinski definition) is 2. The Balaban J connectivity index is 2.04. The molecule has 2 aromatic carbocycles. The predicted octanol–water partition coefficient (Wildman–Crippen LogP) is 3.23. The van der Waals surface area contributed by atoms with Crippen LogP contribution in [-0.2, 0) is 0 Å². The van der Waals surface area contributed by atoms with Crippen LogP contribution in [0.15, 0.2) is 48.5 Å². The van der Waals surface area contributed by atoms with E-state index >= 15 is 0 Å². The zero-order valence-corrected chi connectivity index (χ0v) is 12.5. The standard InChI is InChI=1S/C17H20N2O2/c1-12(18-2)13-4-8-15(9-5-13)19-17(20)14-6-10-16(21-3)11-7-14/h4-12,18H,1-3H3,(H,19,20). The highest BCUT2D eigenvalue weighted by atomic mass is 16.5. The van der Waals surface area contributed by atoms with Gasteiger partial charge in [0.25, 0.3) is 5.91 Å². The number of carbonyl (C=O) groups excluding carboxylic acids is 1. The lowest BCUT2D eigenvalue weighted by molar-refractivity contribution is 0.102. The second kappa shape index (κ2) is 6.90. The highest BCUT2D eigenvalue weighted by molar-refractivity contribution is 6.04. The molecule has 1 amide bonds. The molecule has 1 unspecified atom stereocenters. The van der Waals surface area contributed by atoms with Crippen LogP contribution in [0.1, 0.15) is 28.9 Å². The molecule has 0 heterocycles. The molecular formula is C17H20N2O2. The van der Waals surface area contributed by atoms with Crippen molar-refractivity contribution < 1.29 is 9.53 Å². The van der Waals surface area contributed by atoms with E-state index in [-0.39, 0.29) is 11.9 Å². The molecule has 2 rings (SSSR count). The molecule has 0 bridgehead atoms. The molecule has 2 N–H and O–H groups in total. The highest BCUT2D eigenvalue weighted by Gasteiger charge is 2.07. The second-order valence-corrected chi connectivity index (χ2v) is 4.81. The number of benzene rings is 2. The lowest BCUT2D eigenvalue weighted by Gasteiger charge is -2.11. The highest BCUT2D eigenvalue weighted by Crippen LogP contribution is 2.17. The van der Waals surface area contributed by atoms with Crippen LogP contribution >= 0.6 is 0 Å². The Hall–Kier alpha value is -2.33. The maximum atomic E-state index is 12.1. The van der Waals surface area contributed by atoms with Crippen molar-refractivity contribution in [3.8, 4) is 5.75 Å². The van der Waals surface area contributed by atoms with Crippen molar-refractivity contribution in [2.75, 3.05) is 19.5 Å². The van der Waals surface area contributed by atoms with Crippen molar-refractivity contribution in [2.45, 2.75) is 13.0 Å². The summed E-state index contributed by atoms with van der Waals surface area (Å²) in [4.78, 5) is 12.1. The van der Waals surface area contributed by atoms with E-state index in [0.29, 0.717) is 5.56 Å². The summed E-state index contributed by atoms with van der Waals surface area (Å²) in [6, 6.07) is 15.1. The third-order valence-corrected chi connectivity index (χ3v) is 3.45. The Morgan fingerprint density at radius 2 is 1.67 bits per heavy atom. The largest absolute Gasteiger partial charge is 0.497 e. The van der Waals surface area contributed by atoms with Crippen LogP contribution in [-0.4, -0.2) is 20.1 Å². The fourth-order valence-electron chi connectivity index (χ4n) is 1.97. The first-order chi connectivity index (χ1) is 10.1. The molecule has 0 aromatic heterocycles. The quantitative estimate of drug-likeness (QED) is 0.886. The predicted molar refractivity (Wildman–Crippen MR) is 84.9 cm³/mol. The topological polar surface area (TPSA) is 50.4 Å². The molecule has 0 aliphatic carbocycles. The van der Waals surface area contributed by atoms with Gasteiger partial charge in [-0.15, -0.1) is 0 Å². The fourth-order valence-corrected chi connectivity index (χ4v) is 1.97. The first-order valence-electron chi connectivity index (χ1n) is 6.86. The third kappa shape index (κ3) is 3.83. The normalized spacial score (nSPS) is 11.8. The maximum Gasteiger partial charge on any atom is 0.255 e. The van der Waals surface area contributed by atoms with Crippen LogP contribution in [0, 0.1) is 0 Å². The summed E-state index contributed by atoms with van der Waals surface area (Å²) in [7, 11) is 3.52. The summed E-state index contributed by atoms with van der Waals surface area (Å²) >= 11 is 0. The van der Waals surface area contributed by atoms with E-state index in [1.165, 1.54) is 5.56 Å². The van der Waals surface area contributed by atoms with Gasteiger partial charge in [-0.25, -0.2) is 0 Å². The van der Waals surface area contributed by atoms with Gasteiger partial charge in [-0.1, -0.05) is 12.1 Å². The summed E-state index contributed by atoms with van der Waals surface area (Å²) in [5.74, 6) is 0.601. The number of carbonyl (C=O) groups is 1. The van der Waals surface area contributed by atoms with Crippen LogP contribution in [0.3, 0.4) is 0 Å². The van der Waals surface area contributed by atoms with Crippen LogP contribution in [0.4, 0.5) is 5.69 Å². The van der Waals surface area contributed by atoms with Crippen molar-refractivity contribution >= 4 is 11.6 Å². The van der Waals surface area contributed by atoms with Crippen LogP contribution < -0.4 is 15.4 Å². The molecule has 1 atom stereocenters. The lowest BCUT2D eigenvalue weighted by Crippen LogP contribution is -2.13. The Labute approximate surface area is 125 Å². The Morgan fingerprint density at radius 3 is 2.19 bits per heavy atom. The van der Waals surface area contributed by atoms with E-state index in [9.17, 15) is 4.79 Å². The van der Waals surface area contributed by atoms with Gasteiger partial charge in [-0.2, -0.15) is 0 Å². The fraction of sp³-hybridized carbons (Fsp3) is 0.235. The van der Waals surface area contributed by atoms with E-state index in [0.717, 1.165) is 11.4 Å². The average molecular weight is 284 g/mol. The minimum absolute atomic E-state index is 0.132. The van der Waals surface area contributed by atoms with Crippen molar-refractivity contribution in [3.05, 3.63) is 59.7 Å². The number of anilines is 1. The smallest absolute Gasteiger partial charge is 0.255 e. The summed E-state index contributed by atoms with van der Waals surface area (Å²) in [5.41, 5.74) is 2.56. The van der Waals surface area contributed by atoms with Gasteiger partial charge in [0.05, 0.1) is 7.11 Å². The van der Waals surface area contributed by atoms with Crippen molar-refractivity contribution in [2.24, 2.45) is 0 Å². The van der Waals surface area contributed by atoms with Gasteiger partial charge in [-0.05, 0) is 55.9 Å². The molecule has 0 saturated carbocycles. The van der Waals surface area contributed by atoms with Gasteiger partial charge in [0.2, 0.25) is 0 Å². The van der Waals surface area contributed by atoms with Crippen LogP contribution in [0.2, 0.25) is 0 Å². The molecule has 0 fully saturated rings. The van der Waals surface area contributed by atoms with Crippen molar-refractivity contribution in [1.29, 1.82) is 0 Å². The Morgan fingerprint density at radius 1 is 1.05 bits per heavy atom. The van der Waals surface area contributed by atoms with E-state index in [1.54, 1.807) is 31.4 Å². The average Bonchev–Trinajstić information content (AvgIpc) is 2.55. The van der Waals surface area contributed by atoms with Gasteiger partial charge in [-0.3, -0.25) is 4.79 Å². The zero-order valence-electron chi connectivity index (χ0n) is 12.5. The summed E-state index contributed by atoms with van der Waals surface area (Å²) in [6.45, 7) is 2.09. The van der Waals surface area contributed by atoms with E-state index in [2.05, 4.69) is 17.6 Å². The zero-order chi connectivity index (χ0) is 15.2. The van der Waals surface area contributed by atoms with E-state index in [4.69, 9.17) is 4.74 Å². The molecule has 21 heavy (non-hydrogen) atoms. The van der Waals surface area contributed by atoms with E-state index in [1.807, 2.05) is 31.3 Å². The number of hydrogen-bond acceptors (Lipinski definition) is 3. The molecule has 110 valence electrons. The van der Waals surface area contributed by atoms with Gasteiger partial charge in [0, 0.05) is 17.3 Å². The van der Waals surface area contributed by atoms with Gasteiger partial charge < -0.3 is 15.4 Å². The minimum Gasteiger partial charge on any atom is -0.497 e. The lowest BCUT2D eigenvalue weighted by atomic mass is 10.1. The molecular weight excluding hydrogens is 264 g/mol. The Kier molecular flexibility index (Phi) is 4.95. The van der Waals surface area contributed by atoms with Gasteiger partial charge in [0.1, 0.15) is 5.75 Å². The van der Waals surface area contributed by atoms with Crippen LogP contribution in [0.25, 0.3) is 0 Å². The number of methoxy groups -OCH3 is 1. The first kappa shape index (κ1) is 15.1. The summed E-state index contributed by atoms with van der Waals surface area (Å²) in [5, 5.41) is 6.06. The maximum absolute atomic E-state index is 12.1. The molecule has 0 saturated heterocycles. The number of ether oxygens (including phenoxy) is 1. The third-order valence-electron chi connectivity index (χ3n) is 3.45.